The van der Waals surface area contributed by atoms with E-state index >= 15 is 0 Å². The van der Waals surface area contributed by atoms with Crippen molar-refractivity contribution in [3.63, 3.8) is 0 Å². The zero-order valence-electron chi connectivity index (χ0n) is 39.3. The normalized spacial score (nSPS) is 17.9. The van der Waals surface area contributed by atoms with Gasteiger partial charge in [-0.15, -0.1) is 43.8 Å². The van der Waals surface area contributed by atoms with E-state index in [0.29, 0.717) is 12.1 Å². The van der Waals surface area contributed by atoms with Crippen molar-refractivity contribution in [3.05, 3.63) is 245 Å². The summed E-state index contributed by atoms with van der Waals surface area (Å²) in [5.41, 5.74) is 13.1. The third kappa shape index (κ3) is 11.7. The van der Waals surface area contributed by atoms with Crippen molar-refractivity contribution in [1.29, 1.82) is 0 Å². The molecule has 5 nitrogen and oxygen atoms in total. The van der Waals surface area contributed by atoms with E-state index in [9.17, 15) is 0 Å². The summed E-state index contributed by atoms with van der Waals surface area (Å²) in [6.45, 7) is 3.03. The van der Waals surface area contributed by atoms with Gasteiger partial charge in [0.2, 0.25) is 0 Å². The Balaban J connectivity index is 0.000000192. The Morgan fingerprint density at radius 1 is 0.406 bits per heavy atom. The molecule has 0 saturated carbocycles. The van der Waals surface area contributed by atoms with Crippen LogP contribution in [0.15, 0.2) is 194 Å². The standard InChI is InChI=1S/C41H33N3.2C11H13N.Ir/c1-3-11-33(12-4-1)43(36-25-20-31(21-26-36)39-16-9-10-28-42-39)35-23-18-30(19-24-35)32-22-27-41-38(29-32)37-15-7-8-17-40(37)44(41)34-13-5-2-6-14-34;2*1-2-6-10(7-3-1)11-8-4-5-9-12-11;/h1-8,11-15,17-20,22-27,29,39H,9-10,16,28H2;2*1-3,6,11H,4-5,8-9H2;/q3*-2;. The van der Waals surface area contributed by atoms with Crippen LogP contribution in [0.5, 0.6) is 0 Å². The Kier molecular flexibility index (Phi) is 16.6. The van der Waals surface area contributed by atoms with Gasteiger partial charge in [0.25, 0.3) is 0 Å². The Hall–Kier alpha value is -6.11. The van der Waals surface area contributed by atoms with E-state index in [4.69, 9.17) is 5.32 Å². The summed E-state index contributed by atoms with van der Waals surface area (Å²) in [7, 11) is 0. The zero-order chi connectivity index (χ0) is 45.7. The molecule has 3 atom stereocenters. The summed E-state index contributed by atoms with van der Waals surface area (Å²) in [6, 6.07) is 79.7. The fourth-order valence-electron chi connectivity index (χ4n) is 9.96. The minimum Gasteiger partial charge on any atom is -0.657 e. The smallest absolute Gasteiger partial charge is 0.0541 e. The van der Waals surface area contributed by atoms with Gasteiger partial charge in [0, 0.05) is 47.9 Å². The van der Waals surface area contributed by atoms with Crippen LogP contribution in [0, 0.1) is 18.2 Å². The van der Waals surface area contributed by atoms with Crippen molar-refractivity contribution in [3.8, 4) is 16.8 Å². The number of nitrogens with zero attached hydrogens (tertiary/aromatic N) is 5. The third-order valence-corrected chi connectivity index (χ3v) is 13.5. The van der Waals surface area contributed by atoms with Gasteiger partial charge in [0.1, 0.15) is 0 Å². The zero-order valence-corrected chi connectivity index (χ0v) is 41.7. The van der Waals surface area contributed by atoms with Crippen LogP contribution < -0.4 is 4.90 Å². The molecule has 3 aliphatic heterocycles. The van der Waals surface area contributed by atoms with Gasteiger partial charge in [-0.25, -0.2) is 0 Å². The van der Waals surface area contributed by atoms with E-state index in [-0.39, 0.29) is 26.1 Å². The third-order valence-electron chi connectivity index (χ3n) is 13.5. The fourth-order valence-corrected chi connectivity index (χ4v) is 9.96. The maximum atomic E-state index is 4.84. The molecule has 1 aromatic heterocycles. The molecule has 69 heavy (non-hydrogen) atoms. The first kappa shape index (κ1) is 47.9. The Morgan fingerprint density at radius 3 is 1.43 bits per heavy atom. The number of fused-ring (bicyclic) bond motifs is 3. The van der Waals surface area contributed by atoms with E-state index in [1.165, 1.54) is 107 Å². The van der Waals surface area contributed by atoms with E-state index < -0.39 is 0 Å². The van der Waals surface area contributed by atoms with Crippen LogP contribution in [0.4, 0.5) is 17.1 Å². The van der Waals surface area contributed by atoms with Gasteiger partial charge >= 0.3 is 0 Å². The summed E-state index contributed by atoms with van der Waals surface area (Å²) < 4.78 is 2.36. The van der Waals surface area contributed by atoms with Crippen LogP contribution in [0.3, 0.4) is 0 Å². The average molecular weight is 1080 g/mol. The Labute approximate surface area is 423 Å². The van der Waals surface area contributed by atoms with Gasteiger partial charge in [-0.2, -0.15) is 95.6 Å². The van der Waals surface area contributed by atoms with Crippen molar-refractivity contribution in [2.75, 3.05) is 24.5 Å². The van der Waals surface area contributed by atoms with Crippen LogP contribution in [0.25, 0.3) is 54.6 Å². The van der Waals surface area contributed by atoms with Gasteiger partial charge in [-0.3, -0.25) is 0 Å². The average Bonchev–Trinajstić information content (AvgIpc) is 3.77. The molecule has 3 fully saturated rings. The van der Waals surface area contributed by atoms with E-state index in [1.54, 1.807) is 0 Å². The predicted octanol–water partition coefficient (Wildman–Crippen LogP) is 17.5. The number of benzene rings is 8. The second-order valence-electron chi connectivity index (χ2n) is 18.0. The molecule has 351 valence electrons. The van der Waals surface area contributed by atoms with Gasteiger partial charge in [0.05, 0.1) is 11.0 Å². The summed E-state index contributed by atoms with van der Waals surface area (Å²) >= 11 is 0. The monoisotopic (exact) mass is 1080 g/mol. The van der Waals surface area contributed by atoms with E-state index in [1.807, 2.05) is 24.3 Å². The molecule has 3 aliphatic rings. The number of hydrogen-bond acceptors (Lipinski definition) is 1. The molecule has 0 spiro atoms. The molecule has 8 aromatic carbocycles. The molecule has 0 aliphatic carbocycles. The van der Waals surface area contributed by atoms with Gasteiger partial charge in [-0.05, 0) is 65.7 Å². The first-order chi connectivity index (χ1) is 33.8. The molecule has 0 amide bonds. The summed E-state index contributed by atoms with van der Waals surface area (Å²) in [5, 5.41) is 16.5. The van der Waals surface area contributed by atoms with Crippen LogP contribution in [0.2, 0.25) is 0 Å². The number of piperidine rings is 3. The second-order valence-corrected chi connectivity index (χ2v) is 18.0. The molecule has 3 saturated heterocycles. The minimum absolute atomic E-state index is 0. The summed E-state index contributed by atoms with van der Waals surface area (Å²) in [4.78, 5) is 2.30. The molecule has 6 heteroatoms. The minimum atomic E-state index is 0. The molecule has 12 rings (SSSR count). The maximum absolute atomic E-state index is 4.84. The number of hydrogen-bond donors (Lipinski definition) is 0. The molecule has 9 aromatic rings. The second kappa shape index (κ2) is 23.9. The first-order valence-corrected chi connectivity index (χ1v) is 24.8. The van der Waals surface area contributed by atoms with Crippen molar-refractivity contribution in [1.82, 2.24) is 4.57 Å². The largest absolute Gasteiger partial charge is 0.657 e. The van der Waals surface area contributed by atoms with Crippen LogP contribution in [-0.4, -0.2) is 24.2 Å². The summed E-state index contributed by atoms with van der Waals surface area (Å²) in [6.07, 6.45) is 11.2. The van der Waals surface area contributed by atoms with Gasteiger partial charge in [-0.1, -0.05) is 136 Å². The quantitative estimate of drug-likeness (QED) is 0.140. The predicted molar refractivity (Wildman–Crippen MR) is 285 cm³/mol. The fraction of sp³-hybridized carbons (Fsp3) is 0.238. The Bertz CT molecular complexity index is 2870. The van der Waals surface area contributed by atoms with E-state index in [0.717, 1.165) is 43.1 Å². The molecular weight excluding hydrogens is 1020 g/mol. The molecule has 3 unspecified atom stereocenters. The van der Waals surface area contributed by atoms with Crippen molar-refractivity contribution < 1.29 is 20.1 Å². The molecule has 4 heterocycles. The number of aromatic nitrogens is 1. The Morgan fingerprint density at radius 2 is 0.899 bits per heavy atom. The van der Waals surface area contributed by atoms with Crippen LogP contribution in [-0.2, 0) is 20.1 Å². The van der Waals surface area contributed by atoms with Crippen molar-refractivity contribution in [2.45, 2.75) is 75.9 Å². The van der Waals surface area contributed by atoms with Gasteiger partial charge in [0.15, 0.2) is 0 Å². The number of para-hydroxylation sites is 3. The van der Waals surface area contributed by atoms with Crippen LogP contribution in [0.1, 0.15) is 92.6 Å². The summed E-state index contributed by atoms with van der Waals surface area (Å²) in [5.74, 6) is 0. The molecule has 0 N–H and O–H groups in total. The molecule has 0 bridgehead atoms. The SMILES string of the molecule is [Ir].[c-]1cc(N(c2ccccc2)c2ccc(-c3ccc4c(c3)c3ccccc3n4-c3ccccc3)cc2)ccc1C1CCCC[N-]1.[c-]1ccccc1C1CCCC[N-]1.[c-]1ccccc1C1CCCC[N-]1. The molecule has 1 radical (unpaired) electrons. The first-order valence-electron chi connectivity index (χ1n) is 24.8. The van der Waals surface area contributed by atoms with Crippen LogP contribution >= 0.6 is 0 Å². The number of rotatable bonds is 8. The van der Waals surface area contributed by atoms with E-state index in [2.05, 4.69) is 208 Å². The van der Waals surface area contributed by atoms with Gasteiger partial charge < -0.3 is 25.4 Å². The number of anilines is 3. The van der Waals surface area contributed by atoms with Crippen molar-refractivity contribution >= 4 is 38.9 Å². The van der Waals surface area contributed by atoms with Crippen molar-refractivity contribution in [2.24, 2.45) is 0 Å². The molecular formula is C63H59IrN5-6. The topological polar surface area (TPSA) is 50.5 Å². The maximum Gasteiger partial charge on any atom is 0.0541 e.